The van der Waals surface area contributed by atoms with Crippen molar-refractivity contribution in [3.63, 3.8) is 0 Å². The Balaban J connectivity index is 2.42. The standard InChI is InChI=1S/C15H23N3O/c1-10(2)12(8-19)15(18(3)4)11-5-6-13-14(7-11)17-9-16-13/h5-7,9-10,12,15,19H,8H2,1-4H3,(H,16,17). The topological polar surface area (TPSA) is 52.2 Å². The molecule has 2 N–H and O–H groups in total. The van der Waals surface area contributed by atoms with Crippen LogP contribution in [0.25, 0.3) is 11.0 Å². The number of hydrogen-bond acceptors (Lipinski definition) is 3. The van der Waals surface area contributed by atoms with Crippen LogP contribution >= 0.6 is 0 Å². The number of fused-ring (bicyclic) bond motifs is 1. The first-order valence-corrected chi connectivity index (χ1v) is 6.75. The van der Waals surface area contributed by atoms with Gasteiger partial charge in [0.2, 0.25) is 0 Å². The van der Waals surface area contributed by atoms with Crippen molar-refractivity contribution in [3.8, 4) is 0 Å². The summed E-state index contributed by atoms with van der Waals surface area (Å²) in [6, 6.07) is 6.49. The molecule has 2 unspecified atom stereocenters. The molecular formula is C15H23N3O. The second kappa shape index (κ2) is 5.72. The zero-order valence-corrected chi connectivity index (χ0v) is 12.1. The highest BCUT2D eigenvalue weighted by Crippen LogP contribution is 2.32. The second-order valence-corrected chi connectivity index (χ2v) is 5.68. The molecule has 0 radical (unpaired) electrons. The molecular weight excluding hydrogens is 238 g/mol. The van der Waals surface area contributed by atoms with Crippen LogP contribution in [0.4, 0.5) is 0 Å². The van der Waals surface area contributed by atoms with E-state index in [4.69, 9.17) is 0 Å². The summed E-state index contributed by atoms with van der Waals surface area (Å²) in [5, 5.41) is 9.70. The van der Waals surface area contributed by atoms with E-state index in [1.807, 2.05) is 6.07 Å². The summed E-state index contributed by atoms with van der Waals surface area (Å²) in [6.45, 7) is 4.51. The van der Waals surface area contributed by atoms with Gasteiger partial charge in [0.15, 0.2) is 0 Å². The van der Waals surface area contributed by atoms with Crippen molar-refractivity contribution in [1.29, 1.82) is 0 Å². The third kappa shape index (κ3) is 2.80. The number of nitrogens with one attached hydrogen (secondary N) is 1. The van der Waals surface area contributed by atoms with E-state index in [-0.39, 0.29) is 18.6 Å². The molecule has 19 heavy (non-hydrogen) atoms. The summed E-state index contributed by atoms with van der Waals surface area (Å²) in [7, 11) is 4.12. The Bertz CT molecular complexity index is 533. The minimum absolute atomic E-state index is 0.196. The smallest absolute Gasteiger partial charge is 0.0931 e. The number of aromatic amines is 1. The van der Waals surface area contributed by atoms with E-state index in [2.05, 4.69) is 54.9 Å². The summed E-state index contributed by atoms with van der Waals surface area (Å²) < 4.78 is 0. The predicted octanol–water partition coefficient (Wildman–Crippen LogP) is 2.43. The molecule has 0 amide bonds. The number of hydrogen-bond donors (Lipinski definition) is 2. The van der Waals surface area contributed by atoms with E-state index < -0.39 is 0 Å². The highest BCUT2D eigenvalue weighted by atomic mass is 16.3. The molecule has 0 aliphatic carbocycles. The zero-order chi connectivity index (χ0) is 14.0. The fourth-order valence-electron chi connectivity index (χ4n) is 2.74. The van der Waals surface area contributed by atoms with E-state index in [1.54, 1.807) is 6.33 Å². The Kier molecular flexibility index (Phi) is 4.22. The van der Waals surface area contributed by atoms with Gasteiger partial charge in [-0.15, -0.1) is 0 Å². The predicted molar refractivity (Wildman–Crippen MR) is 77.9 cm³/mol. The average molecular weight is 261 g/mol. The molecule has 1 aromatic heterocycles. The molecule has 0 saturated heterocycles. The molecule has 1 heterocycles. The van der Waals surface area contributed by atoms with Crippen LogP contribution in [0.15, 0.2) is 24.5 Å². The first-order chi connectivity index (χ1) is 9.04. The Morgan fingerprint density at radius 2 is 2.05 bits per heavy atom. The van der Waals surface area contributed by atoms with Crippen LogP contribution in [0.3, 0.4) is 0 Å². The Morgan fingerprint density at radius 1 is 1.32 bits per heavy atom. The van der Waals surface area contributed by atoms with E-state index in [9.17, 15) is 5.11 Å². The van der Waals surface area contributed by atoms with Gasteiger partial charge >= 0.3 is 0 Å². The SMILES string of the molecule is CC(C)C(CO)C(c1ccc2nc[nH]c2c1)N(C)C. The van der Waals surface area contributed by atoms with Crippen molar-refractivity contribution in [2.75, 3.05) is 20.7 Å². The summed E-state index contributed by atoms with van der Waals surface area (Å²) in [5.41, 5.74) is 3.24. The highest BCUT2D eigenvalue weighted by Gasteiger charge is 2.27. The van der Waals surface area contributed by atoms with Gasteiger partial charge in [0, 0.05) is 18.6 Å². The van der Waals surface area contributed by atoms with Crippen LogP contribution in [0, 0.1) is 11.8 Å². The van der Waals surface area contributed by atoms with Gasteiger partial charge in [-0.2, -0.15) is 0 Å². The first-order valence-electron chi connectivity index (χ1n) is 6.75. The molecule has 0 saturated carbocycles. The summed E-state index contributed by atoms with van der Waals surface area (Å²) in [6.07, 6.45) is 1.71. The van der Waals surface area contributed by atoms with Gasteiger partial charge in [0.1, 0.15) is 0 Å². The van der Waals surface area contributed by atoms with Crippen molar-refractivity contribution in [3.05, 3.63) is 30.1 Å². The normalized spacial score (nSPS) is 15.3. The largest absolute Gasteiger partial charge is 0.396 e. The van der Waals surface area contributed by atoms with Gasteiger partial charge < -0.3 is 15.0 Å². The number of aliphatic hydroxyl groups excluding tert-OH is 1. The molecule has 4 heteroatoms. The van der Waals surface area contributed by atoms with Crippen molar-refractivity contribution in [2.45, 2.75) is 19.9 Å². The molecule has 4 nitrogen and oxygen atoms in total. The van der Waals surface area contributed by atoms with Crippen LogP contribution in [0.5, 0.6) is 0 Å². The van der Waals surface area contributed by atoms with Crippen LogP contribution < -0.4 is 0 Å². The van der Waals surface area contributed by atoms with Crippen LogP contribution in [0.1, 0.15) is 25.5 Å². The number of aliphatic hydroxyl groups is 1. The molecule has 0 fully saturated rings. The molecule has 2 atom stereocenters. The van der Waals surface area contributed by atoms with Gasteiger partial charge in [0.25, 0.3) is 0 Å². The van der Waals surface area contributed by atoms with E-state index in [1.165, 1.54) is 5.56 Å². The molecule has 0 spiro atoms. The summed E-state index contributed by atoms with van der Waals surface area (Å²) >= 11 is 0. The Hall–Kier alpha value is -1.39. The maximum Gasteiger partial charge on any atom is 0.0931 e. The maximum atomic E-state index is 9.70. The molecule has 2 aromatic rings. The van der Waals surface area contributed by atoms with Gasteiger partial charge in [-0.1, -0.05) is 19.9 Å². The third-order valence-corrected chi connectivity index (χ3v) is 3.81. The van der Waals surface area contributed by atoms with Crippen LogP contribution in [0.2, 0.25) is 0 Å². The van der Waals surface area contributed by atoms with Crippen LogP contribution in [-0.4, -0.2) is 40.7 Å². The van der Waals surface area contributed by atoms with Gasteiger partial charge in [-0.05, 0) is 37.7 Å². The first kappa shape index (κ1) is 14.0. The minimum atomic E-state index is 0.196. The minimum Gasteiger partial charge on any atom is -0.396 e. The Labute approximate surface area is 114 Å². The van der Waals surface area contributed by atoms with Crippen molar-refractivity contribution in [1.82, 2.24) is 14.9 Å². The monoisotopic (exact) mass is 261 g/mol. The molecule has 0 aliphatic rings. The fourth-order valence-corrected chi connectivity index (χ4v) is 2.74. The summed E-state index contributed by atoms with van der Waals surface area (Å²) in [4.78, 5) is 9.57. The highest BCUT2D eigenvalue weighted by molar-refractivity contribution is 5.75. The second-order valence-electron chi connectivity index (χ2n) is 5.68. The van der Waals surface area contributed by atoms with Crippen molar-refractivity contribution in [2.24, 2.45) is 11.8 Å². The number of H-pyrrole nitrogens is 1. The lowest BCUT2D eigenvalue weighted by molar-refractivity contribution is 0.100. The quantitative estimate of drug-likeness (QED) is 0.869. The fraction of sp³-hybridized carbons (Fsp3) is 0.533. The lowest BCUT2D eigenvalue weighted by Gasteiger charge is -2.34. The maximum absolute atomic E-state index is 9.70. The lowest BCUT2D eigenvalue weighted by atomic mass is 9.84. The van der Waals surface area contributed by atoms with Crippen LogP contribution in [-0.2, 0) is 0 Å². The van der Waals surface area contributed by atoms with Crippen molar-refractivity contribution >= 4 is 11.0 Å². The number of nitrogens with zero attached hydrogens (tertiary/aromatic N) is 2. The van der Waals surface area contributed by atoms with E-state index in [0.717, 1.165) is 11.0 Å². The summed E-state index contributed by atoms with van der Waals surface area (Å²) in [5.74, 6) is 0.644. The third-order valence-electron chi connectivity index (χ3n) is 3.81. The van der Waals surface area contributed by atoms with E-state index in [0.29, 0.717) is 5.92 Å². The number of aromatic nitrogens is 2. The lowest BCUT2D eigenvalue weighted by Crippen LogP contribution is -2.32. The average Bonchev–Trinajstić information content (AvgIpc) is 2.81. The van der Waals surface area contributed by atoms with E-state index >= 15 is 0 Å². The molecule has 2 rings (SSSR count). The van der Waals surface area contributed by atoms with Crippen molar-refractivity contribution < 1.29 is 5.11 Å². The number of rotatable bonds is 5. The number of benzene rings is 1. The van der Waals surface area contributed by atoms with Gasteiger partial charge in [-0.25, -0.2) is 4.98 Å². The van der Waals surface area contributed by atoms with Gasteiger partial charge in [-0.3, -0.25) is 0 Å². The number of imidazole rings is 1. The molecule has 0 aliphatic heterocycles. The molecule has 0 bridgehead atoms. The zero-order valence-electron chi connectivity index (χ0n) is 12.1. The Morgan fingerprint density at radius 3 is 2.63 bits per heavy atom. The molecule has 104 valence electrons. The van der Waals surface area contributed by atoms with Gasteiger partial charge in [0.05, 0.1) is 17.4 Å². The molecule has 1 aromatic carbocycles.